The van der Waals surface area contributed by atoms with Crippen LogP contribution >= 0.6 is 23.6 Å². The lowest BCUT2D eigenvalue weighted by Gasteiger charge is -2.33. The number of quaternary nitrogens is 1. The van der Waals surface area contributed by atoms with E-state index < -0.39 is 0 Å². The fourth-order valence-corrected chi connectivity index (χ4v) is 3.56. The second kappa shape index (κ2) is 6.55. The van der Waals surface area contributed by atoms with E-state index in [1.54, 1.807) is 0 Å². The van der Waals surface area contributed by atoms with Crippen molar-refractivity contribution >= 4 is 34.4 Å². The monoisotopic (exact) mass is 322 g/mol. The lowest BCUT2D eigenvalue weighted by molar-refractivity contribution is -0.924. The van der Waals surface area contributed by atoms with E-state index in [2.05, 4.69) is 45.6 Å². The third kappa shape index (κ3) is 3.42. The summed E-state index contributed by atoms with van der Waals surface area (Å²) in [6, 6.07) is 10.6. The minimum atomic E-state index is 0.845. The number of hydrogen-bond donors (Lipinski definition) is 2. The second-order valence-corrected chi connectivity index (χ2v) is 6.78. The number of nitrogens with zero attached hydrogens (tertiary/aromatic N) is 3. The molecule has 7 heteroatoms. The summed E-state index contributed by atoms with van der Waals surface area (Å²) < 4.78 is 2.79. The Hall–Kier alpha value is -1.44. The van der Waals surface area contributed by atoms with Crippen LogP contribution in [0.4, 0.5) is 10.8 Å². The fourth-order valence-electron chi connectivity index (χ4n) is 2.60. The Labute approximate surface area is 133 Å². The molecule has 1 aliphatic heterocycles. The summed E-state index contributed by atoms with van der Waals surface area (Å²) in [4.78, 5) is 3.98. The molecule has 1 fully saturated rings. The number of piperazine rings is 1. The van der Waals surface area contributed by atoms with Gasteiger partial charge >= 0.3 is 0 Å². The van der Waals surface area contributed by atoms with Crippen LogP contribution in [0.15, 0.2) is 30.3 Å². The molecule has 0 atom stereocenters. The van der Waals surface area contributed by atoms with Crippen LogP contribution in [0.1, 0.15) is 0 Å². The molecule has 1 aliphatic rings. The minimum absolute atomic E-state index is 0.845. The molecule has 0 bridgehead atoms. The molecule has 2 aromatic rings. The zero-order chi connectivity index (χ0) is 14.7. The van der Waals surface area contributed by atoms with Crippen molar-refractivity contribution in [3.05, 3.63) is 34.3 Å². The largest absolute Gasteiger partial charge is 0.363 e. The van der Waals surface area contributed by atoms with Crippen LogP contribution in [0.2, 0.25) is 0 Å². The van der Waals surface area contributed by atoms with Gasteiger partial charge in [0.1, 0.15) is 0 Å². The molecule has 0 unspecified atom stereocenters. The Balaban J connectivity index is 1.58. The Bertz CT molecular complexity index is 628. The third-order valence-corrected chi connectivity index (χ3v) is 5.11. The first-order valence-corrected chi connectivity index (χ1v) is 8.38. The number of para-hydroxylation sites is 1. The van der Waals surface area contributed by atoms with E-state index in [-0.39, 0.29) is 0 Å². The van der Waals surface area contributed by atoms with E-state index in [9.17, 15) is 0 Å². The van der Waals surface area contributed by atoms with Gasteiger partial charge in [-0.3, -0.25) is 0 Å². The predicted molar refractivity (Wildman–Crippen MR) is 89.8 cm³/mol. The first-order chi connectivity index (χ1) is 10.3. The molecule has 0 aliphatic carbocycles. The molecular weight excluding hydrogens is 302 g/mol. The number of rotatable bonds is 4. The predicted octanol–water partition coefficient (Wildman–Crippen LogP) is 1.08. The van der Waals surface area contributed by atoms with Gasteiger partial charge in [-0.15, -0.1) is 5.10 Å². The van der Waals surface area contributed by atoms with Crippen molar-refractivity contribution in [2.75, 3.05) is 43.4 Å². The standard InChI is InChI=1S/C14H19N5S2/c1-15-13-16-19(14(20)21-13)11-17-7-9-18(10-8-17)12-5-3-2-4-6-12/h2-6H,7-11H2,1H3,(H,15,16)/p+1. The van der Waals surface area contributed by atoms with Crippen molar-refractivity contribution in [3.63, 3.8) is 0 Å². The Morgan fingerprint density at radius 2 is 2.00 bits per heavy atom. The Kier molecular flexibility index (Phi) is 4.52. The fraction of sp³-hybridized carbons (Fsp3) is 0.429. The van der Waals surface area contributed by atoms with E-state index in [0.29, 0.717) is 0 Å². The molecule has 112 valence electrons. The van der Waals surface area contributed by atoms with Gasteiger partial charge in [0.05, 0.1) is 26.2 Å². The van der Waals surface area contributed by atoms with Crippen molar-refractivity contribution in [2.45, 2.75) is 6.67 Å². The highest BCUT2D eigenvalue weighted by atomic mass is 32.1. The maximum Gasteiger partial charge on any atom is 0.204 e. The van der Waals surface area contributed by atoms with Gasteiger partial charge in [-0.25, -0.2) is 0 Å². The molecule has 0 radical (unpaired) electrons. The highest BCUT2D eigenvalue weighted by molar-refractivity contribution is 7.73. The van der Waals surface area contributed by atoms with Crippen LogP contribution in [-0.4, -0.2) is 43.0 Å². The number of nitrogens with one attached hydrogen (secondary N) is 2. The molecule has 3 rings (SSSR count). The van der Waals surface area contributed by atoms with Crippen LogP contribution in [0.5, 0.6) is 0 Å². The highest BCUT2D eigenvalue weighted by Gasteiger charge is 2.21. The van der Waals surface area contributed by atoms with Gasteiger partial charge in [0.25, 0.3) is 0 Å². The maximum atomic E-state index is 5.36. The van der Waals surface area contributed by atoms with Gasteiger partial charge < -0.3 is 15.1 Å². The van der Waals surface area contributed by atoms with Crippen LogP contribution in [0, 0.1) is 3.95 Å². The van der Waals surface area contributed by atoms with E-state index in [0.717, 1.165) is 41.9 Å². The summed E-state index contributed by atoms with van der Waals surface area (Å²) in [6.07, 6.45) is 0. The number of benzene rings is 1. The van der Waals surface area contributed by atoms with Crippen LogP contribution in [-0.2, 0) is 6.67 Å². The number of hydrogen-bond acceptors (Lipinski definition) is 5. The van der Waals surface area contributed by atoms with Crippen LogP contribution in [0.25, 0.3) is 0 Å². The van der Waals surface area contributed by atoms with Gasteiger partial charge in [0.15, 0.2) is 10.6 Å². The summed E-state index contributed by atoms with van der Waals surface area (Å²) in [6.45, 7) is 5.25. The Morgan fingerprint density at radius 1 is 1.29 bits per heavy atom. The molecule has 2 N–H and O–H groups in total. The summed E-state index contributed by atoms with van der Waals surface area (Å²) in [7, 11) is 1.88. The van der Waals surface area contributed by atoms with Gasteiger partial charge in [-0.2, -0.15) is 4.68 Å². The second-order valence-electron chi connectivity index (χ2n) is 5.15. The number of anilines is 2. The lowest BCUT2D eigenvalue weighted by Crippen LogP contribution is -3.14. The molecular formula is C14H20N5S2+. The molecule has 0 amide bonds. The summed E-state index contributed by atoms with van der Waals surface area (Å²) in [5, 5.41) is 8.43. The average molecular weight is 322 g/mol. The van der Waals surface area contributed by atoms with Gasteiger partial charge in [-0.05, 0) is 24.4 Å². The zero-order valence-corrected chi connectivity index (χ0v) is 13.7. The maximum absolute atomic E-state index is 5.36. The molecule has 1 aromatic carbocycles. The van der Waals surface area contributed by atoms with Crippen molar-refractivity contribution < 1.29 is 4.90 Å². The summed E-state index contributed by atoms with van der Waals surface area (Å²) in [5.74, 6) is 0. The first kappa shape index (κ1) is 14.5. The van der Waals surface area contributed by atoms with Crippen LogP contribution < -0.4 is 15.1 Å². The topological polar surface area (TPSA) is 37.5 Å². The molecule has 2 heterocycles. The summed E-state index contributed by atoms with van der Waals surface area (Å²) >= 11 is 6.89. The van der Waals surface area contributed by atoms with Gasteiger partial charge in [0, 0.05) is 12.7 Å². The molecule has 0 spiro atoms. The van der Waals surface area contributed by atoms with Crippen molar-refractivity contribution in [2.24, 2.45) is 0 Å². The normalized spacial score (nSPS) is 16.1. The van der Waals surface area contributed by atoms with Crippen molar-refractivity contribution in [3.8, 4) is 0 Å². The summed E-state index contributed by atoms with van der Waals surface area (Å²) in [5.41, 5.74) is 1.32. The molecule has 1 aromatic heterocycles. The third-order valence-electron chi connectivity index (χ3n) is 3.79. The van der Waals surface area contributed by atoms with Crippen LogP contribution in [0.3, 0.4) is 0 Å². The molecule has 21 heavy (non-hydrogen) atoms. The lowest BCUT2D eigenvalue weighted by atomic mass is 10.2. The quantitative estimate of drug-likeness (QED) is 0.826. The smallest absolute Gasteiger partial charge is 0.204 e. The SMILES string of the molecule is CNc1nn(C[NH+]2CCN(c3ccccc3)CC2)c(=S)s1. The van der Waals surface area contributed by atoms with Crippen molar-refractivity contribution in [1.82, 2.24) is 9.78 Å². The van der Waals surface area contributed by atoms with E-state index in [1.165, 1.54) is 21.9 Å². The molecule has 0 saturated carbocycles. The molecule has 5 nitrogen and oxygen atoms in total. The number of aromatic nitrogens is 2. The average Bonchev–Trinajstić information content (AvgIpc) is 2.89. The Morgan fingerprint density at radius 3 is 2.62 bits per heavy atom. The minimum Gasteiger partial charge on any atom is -0.363 e. The van der Waals surface area contributed by atoms with E-state index in [1.807, 2.05) is 11.7 Å². The molecule has 1 saturated heterocycles. The first-order valence-electron chi connectivity index (χ1n) is 7.15. The van der Waals surface area contributed by atoms with E-state index in [4.69, 9.17) is 12.2 Å². The van der Waals surface area contributed by atoms with Gasteiger partial charge in [0.2, 0.25) is 5.13 Å². The highest BCUT2D eigenvalue weighted by Crippen LogP contribution is 2.13. The van der Waals surface area contributed by atoms with Crippen molar-refractivity contribution in [1.29, 1.82) is 0 Å². The zero-order valence-electron chi connectivity index (χ0n) is 12.1. The van der Waals surface area contributed by atoms with E-state index >= 15 is 0 Å². The van der Waals surface area contributed by atoms with Gasteiger partial charge in [-0.1, -0.05) is 29.5 Å².